The van der Waals surface area contributed by atoms with E-state index in [4.69, 9.17) is 9.47 Å². The lowest BCUT2D eigenvalue weighted by Crippen LogP contribution is -2.37. The van der Waals surface area contributed by atoms with Gasteiger partial charge >= 0.3 is 5.97 Å². The van der Waals surface area contributed by atoms with Gasteiger partial charge in [-0.15, -0.1) is 0 Å². The fraction of sp³-hybridized carbons (Fsp3) is 0.531. The molecule has 0 radical (unpaired) electrons. The van der Waals surface area contributed by atoms with Gasteiger partial charge in [0, 0.05) is 74.1 Å². The van der Waals surface area contributed by atoms with Crippen molar-refractivity contribution in [3.63, 3.8) is 0 Å². The van der Waals surface area contributed by atoms with Gasteiger partial charge in [0.05, 0.1) is 24.5 Å². The molecule has 7 nitrogen and oxygen atoms in total. The van der Waals surface area contributed by atoms with Crippen molar-refractivity contribution in [2.45, 2.75) is 57.9 Å². The molecule has 7 heteroatoms. The summed E-state index contributed by atoms with van der Waals surface area (Å²) < 4.78 is 14.1. The molecule has 0 spiro atoms. The van der Waals surface area contributed by atoms with E-state index in [1.807, 2.05) is 13.0 Å². The summed E-state index contributed by atoms with van der Waals surface area (Å²) in [5.41, 5.74) is 6.57. The zero-order valence-corrected chi connectivity index (χ0v) is 23.2. The lowest BCUT2D eigenvalue weighted by Gasteiger charge is -2.29. The highest BCUT2D eigenvalue weighted by Crippen LogP contribution is 2.48. The van der Waals surface area contributed by atoms with E-state index in [0.717, 1.165) is 70.2 Å². The maximum Gasteiger partial charge on any atom is 0.335 e. The van der Waals surface area contributed by atoms with Gasteiger partial charge in [0.25, 0.3) is 0 Å². The van der Waals surface area contributed by atoms with E-state index in [1.165, 1.54) is 60.0 Å². The predicted octanol–water partition coefficient (Wildman–Crippen LogP) is 6.00. The summed E-state index contributed by atoms with van der Waals surface area (Å²) in [6.45, 7) is 10.0. The number of ether oxygens (including phenoxy) is 2. The minimum absolute atomic E-state index is 0.356. The van der Waals surface area contributed by atoms with Crippen LogP contribution in [0.25, 0.3) is 22.2 Å². The third kappa shape index (κ3) is 5.27. The number of hydrogen-bond donors (Lipinski definition) is 1. The van der Waals surface area contributed by atoms with Crippen LogP contribution in [0.3, 0.4) is 0 Å². The molecular weight excluding hydrogens is 490 g/mol. The Morgan fingerprint density at radius 2 is 1.85 bits per heavy atom. The highest BCUT2D eigenvalue weighted by atomic mass is 16.5. The minimum Gasteiger partial charge on any atom is -0.494 e. The summed E-state index contributed by atoms with van der Waals surface area (Å²) in [5.74, 6) is 0.530. The van der Waals surface area contributed by atoms with Crippen LogP contribution in [0.4, 0.5) is 5.69 Å². The Morgan fingerprint density at radius 3 is 2.67 bits per heavy atom. The Balaban J connectivity index is 1.47. The first-order valence-electron chi connectivity index (χ1n) is 14.9. The second-order valence-corrected chi connectivity index (χ2v) is 11.2. The maximum absolute atomic E-state index is 12.0. The summed E-state index contributed by atoms with van der Waals surface area (Å²) in [5, 5.41) is 11.0. The molecule has 2 aliphatic heterocycles. The smallest absolute Gasteiger partial charge is 0.335 e. The van der Waals surface area contributed by atoms with E-state index >= 15 is 0 Å². The first-order valence-corrected chi connectivity index (χ1v) is 14.9. The third-order valence-electron chi connectivity index (χ3n) is 8.83. The van der Waals surface area contributed by atoms with Crippen LogP contribution >= 0.6 is 0 Å². The summed E-state index contributed by atoms with van der Waals surface area (Å²) in [6.07, 6.45) is 7.29. The fourth-order valence-corrected chi connectivity index (χ4v) is 6.92. The van der Waals surface area contributed by atoms with Gasteiger partial charge in [-0.1, -0.05) is 25.3 Å². The Kier molecular flexibility index (Phi) is 7.80. The number of benzene rings is 2. The average molecular weight is 532 g/mol. The van der Waals surface area contributed by atoms with Gasteiger partial charge in [-0.3, -0.25) is 4.90 Å². The van der Waals surface area contributed by atoms with Crippen molar-refractivity contribution in [3.05, 3.63) is 47.5 Å². The van der Waals surface area contributed by atoms with Crippen molar-refractivity contribution in [1.82, 2.24) is 9.47 Å². The Morgan fingerprint density at radius 1 is 0.974 bits per heavy atom. The van der Waals surface area contributed by atoms with Crippen LogP contribution < -0.4 is 9.64 Å². The highest BCUT2D eigenvalue weighted by Gasteiger charge is 2.31. The molecule has 0 bridgehead atoms. The van der Waals surface area contributed by atoms with Gasteiger partial charge in [0.1, 0.15) is 5.75 Å². The normalized spacial score (nSPS) is 18.8. The molecule has 1 saturated heterocycles. The molecule has 1 aliphatic carbocycles. The predicted molar refractivity (Wildman–Crippen MR) is 155 cm³/mol. The Labute approximate surface area is 231 Å². The van der Waals surface area contributed by atoms with Crippen molar-refractivity contribution in [2.75, 3.05) is 57.4 Å². The zero-order valence-electron chi connectivity index (χ0n) is 23.2. The van der Waals surface area contributed by atoms with E-state index in [-0.39, 0.29) is 0 Å². The summed E-state index contributed by atoms with van der Waals surface area (Å²) in [4.78, 5) is 17.0. The largest absolute Gasteiger partial charge is 0.494 e. The molecule has 2 fully saturated rings. The monoisotopic (exact) mass is 531 g/mol. The number of aromatic carboxylic acids is 1. The van der Waals surface area contributed by atoms with E-state index < -0.39 is 5.97 Å². The number of hydrogen-bond acceptors (Lipinski definition) is 5. The van der Waals surface area contributed by atoms with Crippen LogP contribution in [0.1, 0.15) is 67.3 Å². The van der Waals surface area contributed by atoms with Gasteiger partial charge in [0.2, 0.25) is 0 Å². The first-order chi connectivity index (χ1) is 19.1. The molecule has 3 aliphatic rings. The van der Waals surface area contributed by atoms with E-state index in [9.17, 15) is 9.90 Å². The van der Waals surface area contributed by atoms with Crippen molar-refractivity contribution >= 4 is 22.6 Å². The molecule has 39 heavy (non-hydrogen) atoms. The number of nitrogens with zero attached hydrogens (tertiary/aromatic N) is 3. The molecular formula is C32H41N3O4. The lowest BCUT2D eigenvalue weighted by molar-refractivity contribution is 0.0697. The molecule has 1 saturated carbocycles. The van der Waals surface area contributed by atoms with Crippen molar-refractivity contribution in [2.24, 2.45) is 0 Å². The van der Waals surface area contributed by atoms with Gasteiger partial charge in [-0.05, 0) is 61.9 Å². The molecule has 1 N–H and O–H groups in total. The van der Waals surface area contributed by atoms with Crippen LogP contribution in [-0.4, -0.2) is 73.1 Å². The standard InChI is InChI=1S/C32H41N3O4/c1-2-39-25-10-12-27-28(22-25)34(15-14-33-13-6-19-38-20-18-33)16-17-35-29-21-24(32(36)37)9-11-26(29)30(31(27)35)23-7-4-3-5-8-23/h9-12,21-23H,2-8,13-20H2,1H3,(H,36,37). The van der Waals surface area contributed by atoms with Crippen LogP contribution in [0.5, 0.6) is 5.75 Å². The number of carboxylic acids is 1. The molecule has 0 unspecified atom stereocenters. The fourth-order valence-electron chi connectivity index (χ4n) is 6.92. The number of carbonyl (C=O) groups is 1. The van der Waals surface area contributed by atoms with Crippen molar-refractivity contribution < 1.29 is 19.4 Å². The highest BCUT2D eigenvalue weighted by molar-refractivity contribution is 5.99. The van der Waals surface area contributed by atoms with Gasteiger partial charge < -0.3 is 24.0 Å². The number of rotatable bonds is 7. The number of aromatic nitrogens is 1. The third-order valence-corrected chi connectivity index (χ3v) is 8.83. The van der Waals surface area contributed by atoms with Crippen LogP contribution in [0.15, 0.2) is 36.4 Å². The number of carboxylic acid groups (broad SMARTS) is 1. The molecule has 0 atom stereocenters. The van der Waals surface area contributed by atoms with Crippen LogP contribution in [0.2, 0.25) is 0 Å². The molecule has 6 rings (SSSR count). The van der Waals surface area contributed by atoms with E-state index in [0.29, 0.717) is 18.1 Å². The first kappa shape index (κ1) is 26.2. The van der Waals surface area contributed by atoms with E-state index in [1.54, 1.807) is 6.07 Å². The molecule has 208 valence electrons. The quantitative estimate of drug-likeness (QED) is 0.404. The lowest BCUT2D eigenvalue weighted by atomic mass is 9.81. The van der Waals surface area contributed by atoms with Crippen LogP contribution in [0, 0.1) is 0 Å². The summed E-state index contributed by atoms with van der Waals surface area (Å²) >= 11 is 0. The van der Waals surface area contributed by atoms with Gasteiger partial charge in [-0.25, -0.2) is 4.79 Å². The Bertz CT molecular complexity index is 1320. The zero-order chi connectivity index (χ0) is 26.8. The second-order valence-electron chi connectivity index (χ2n) is 11.2. The molecule has 1 aromatic heterocycles. The average Bonchev–Trinajstić information content (AvgIpc) is 3.09. The maximum atomic E-state index is 12.0. The van der Waals surface area contributed by atoms with Crippen LogP contribution in [-0.2, 0) is 11.3 Å². The minimum atomic E-state index is -0.870. The molecule has 2 aromatic carbocycles. The van der Waals surface area contributed by atoms with Crippen molar-refractivity contribution in [3.8, 4) is 17.0 Å². The second kappa shape index (κ2) is 11.6. The molecule has 3 heterocycles. The topological polar surface area (TPSA) is 67.2 Å². The number of fused-ring (bicyclic) bond motifs is 5. The van der Waals surface area contributed by atoms with Gasteiger partial charge in [0.15, 0.2) is 0 Å². The SMILES string of the molecule is CCOc1ccc2c(c1)N(CCN1CCCOCC1)CCn1c-2c(C2CCCCC2)c2ccc(C(=O)O)cc21. The van der Waals surface area contributed by atoms with E-state index in [2.05, 4.69) is 38.6 Å². The van der Waals surface area contributed by atoms with Gasteiger partial charge in [-0.2, -0.15) is 0 Å². The van der Waals surface area contributed by atoms with Crippen molar-refractivity contribution in [1.29, 1.82) is 0 Å². The summed E-state index contributed by atoms with van der Waals surface area (Å²) in [7, 11) is 0. The Hall–Kier alpha value is -3.03. The molecule has 3 aromatic rings. The summed E-state index contributed by atoms with van der Waals surface area (Å²) in [6, 6.07) is 12.3. The molecule has 0 amide bonds. The number of anilines is 1.